The normalized spacial score (nSPS) is 13.3. The van der Waals surface area contributed by atoms with Gasteiger partial charge in [-0.25, -0.2) is 13.1 Å². The molecule has 0 heterocycles. The summed E-state index contributed by atoms with van der Waals surface area (Å²) >= 11 is 0. The van der Waals surface area contributed by atoms with E-state index in [-0.39, 0.29) is 10.8 Å². The molecular formula is C12H20N2O3S. The Labute approximate surface area is 109 Å². The first kappa shape index (κ1) is 14.9. The lowest BCUT2D eigenvalue weighted by Gasteiger charge is -2.12. The van der Waals surface area contributed by atoms with E-state index in [4.69, 9.17) is 4.74 Å². The van der Waals surface area contributed by atoms with E-state index < -0.39 is 10.0 Å². The molecule has 0 fully saturated rings. The Balaban J connectivity index is 2.73. The van der Waals surface area contributed by atoms with Gasteiger partial charge in [-0.1, -0.05) is 13.0 Å². The van der Waals surface area contributed by atoms with Gasteiger partial charge < -0.3 is 10.1 Å². The van der Waals surface area contributed by atoms with E-state index in [0.29, 0.717) is 12.3 Å². The van der Waals surface area contributed by atoms with Crippen LogP contribution in [0.2, 0.25) is 0 Å². The van der Waals surface area contributed by atoms with Crippen LogP contribution >= 0.6 is 0 Å². The van der Waals surface area contributed by atoms with E-state index >= 15 is 0 Å². The number of ether oxygens (including phenoxy) is 1. The summed E-state index contributed by atoms with van der Waals surface area (Å²) in [4.78, 5) is 0.221. The lowest BCUT2D eigenvalue weighted by Crippen LogP contribution is -2.32. The fraction of sp³-hybridized carbons (Fsp3) is 0.500. The Morgan fingerprint density at radius 1 is 1.33 bits per heavy atom. The molecule has 0 aliphatic carbocycles. The summed E-state index contributed by atoms with van der Waals surface area (Å²) in [7, 11) is -0.116. The van der Waals surface area contributed by atoms with E-state index in [9.17, 15) is 8.42 Å². The zero-order valence-electron chi connectivity index (χ0n) is 10.9. The summed E-state index contributed by atoms with van der Waals surface area (Å²) in [5.41, 5.74) is 0. The van der Waals surface area contributed by atoms with Gasteiger partial charge in [0.2, 0.25) is 10.0 Å². The zero-order valence-corrected chi connectivity index (χ0v) is 11.8. The van der Waals surface area contributed by atoms with Crippen LogP contribution in [0, 0.1) is 5.92 Å². The van der Waals surface area contributed by atoms with E-state index in [0.717, 1.165) is 6.54 Å². The molecule has 0 aliphatic rings. The minimum absolute atomic E-state index is 0.221. The van der Waals surface area contributed by atoms with Crippen molar-refractivity contribution in [3.63, 3.8) is 0 Å². The summed E-state index contributed by atoms with van der Waals surface area (Å²) < 4.78 is 31.6. The summed E-state index contributed by atoms with van der Waals surface area (Å²) in [6.07, 6.45) is 0. The van der Waals surface area contributed by atoms with Crippen LogP contribution in [0.15, 0.2) is 29.2 Å². The molecule has 1 atom stereocenters. The summed E-state index contributed by atoms with van der Waals surface area (Å²) in [5.74, 6) is 0.761. The lowest BCUT2D eigenvalue weighted by atomic mass is 10.2. The van der Waals surface area contributed by atoms with Gasteiger partial charge in [0.1, 0.15) is 5.75 Å². The van der Waals surface area contributed by atoms with E-state index in [1.54, 1.807) is 18.2 Å². The maximum Gasteiger partial charge on any atom is 0.240 e. The van der Waals surface area contributed by atoms with Gasteiger partial charge in [0.25, 0.3) is 0 Å². The van der Waals surface area contributed by atoms with Crippen LogP contribution in [0.3, 0.4) is 0 Å². The second kappa shape index (κ2) is 6.72. The van der Waals surface area contributed by atoms with Crippen LogP contribution in [0.4, 0.5) is 0 Å². The van der Waals surface area contributed by atoms with Crippen LogP contribution in [0.25, 0.3) is 0 Å². The first-order chi connectivity index (χ1) is 8.49. The number of methoxy groups -OCH3 is 1. The summed E-state index contributed by atoms with van der Waals surface area (Å²) in [6, 6.07) is 6.42. The van der Waals surface area contributed by atoms with E-state index in [1.807, 2.05) is 14.0 Å². The molecule has 0 saturated heterocycles. The van der Waals surface area contributed by atoms with Crippen molar-refractivity contribution in [2.75, 3.05) is 27.2 Å². The molecule has 18 heavy (non-hydrogen) atoms. The Morgan fingerprint density at radius 3 is 2.67 bits per heavy atom. The molecule has 0 radical (unpaired) electrons. The van der Waals surface area contributed by atoms with Crippen LogP contribution in [-0.2, 0) is 10.0 Å². The molecular weight excluding hydrogens is 252 g/mol. The highest BCUT2D eigenvalue weighted by molar-refractivity contribution is 7.89. The number of hydrogen-bond acceptors (Lipinski definition) is 4. The number of benzene rings is 1. The average Bonchev–Trinajstić information content (AvgIpc) is 2.37. The molecule has 0 spiro atoms. The fourth-order valence-corrected chi connectivity index (χ4v) is 2.72. The maximum absolute atomic E-state index is 12.0. The standard InChI is InChI=1S/C12H20N2O3S/c1-10(8-13-2)9-14-18(15,16)12-6-4-5-11(7-12)17-3/h4-7,10,13-14H,8-9H2,1-3H3. The van der Waals surface area contributed by atoms with Crippen LogP contribution in [-0.4, -0.2) is 35.7 Å². The lowest BCUT2D eigenvalue weighted by molar-refractivity contribution is 0.413. The van der Waals surface area contributed by atoms with Crippen molar-refractivity contribution in [2.45, 2.75) is 11.8 Å². The molecule has 0 aliphatic heterocycles. The predicted octanol–water partition coefficient (Wildman–Crippen LogP) is 0.829. The first-order valence-electron chi connectivity index (χ1n) is 5.78. The Bertz CT molecular complexity index is 474. The van der Waals surface area contributed by atoms with Gasteiger partial charge in [0, 0.05) is 12.6 Å². The molecule has 2 N–H and O–H groups in total. The molecule has 0 aromatic heterocycles. The number of nitrogens with one attached hydrogen (secondary N) is 2. The van der Waals surface area contributed by atoms with Crippen molar-refractivity contribution in [3.05, 3.63) is 24.3 Å². The molecule has 6 heteroatoms. The van der Waals surface area contributed by atoms with Gasteiger partial charge in [-0.3, -0.25) is 0 Å². The molecule has 0 amide bonds. The van der Waals surface area contributed by atoms with Crippen molar-refractivity contribution in [1.29, 1.82) is 0 Å². The Kier molecular flexibility index (Phi) is 5.58. The molecule has 0 bridgehead atoms. The highest BCUT2D eigenvalue weighted by Gasteiger charge is 2.15. The van der Waals surface area contributed by atoms with Gasteiger partial charge in [-0.05, 0) is 31.6 Å². The molecule has 5 nitrogen and oxygen atoms in total. The fourth-order valence-electron chi connectivity index (χ4n) is 1.52. The number of sulfonamides is 1. The third kappa shape index (κ3) is 4.29. The minimum Gasteiger partial charge on any atom is -0.497 e. The SMILES string of the molecule is CNCC(C)CNS(=O)(=O)c1cccc(OC)c1. The van der Waals surface area contributed by atoms with Gasteiger partial charge >= 0.3 is 0 Å². The largest absolute Gasteiger partial charge is 0.497 e. The van der Waals surface area contributed by atoms with Crippen LogP contribution in [0.5, 0.6) is 5.75 Å². The van der Waals surface area contributed by atoms with Crippen LogP contribution < -0.4 is 14.8 Å². The second-order valence-electron chi connectivity index (χ2n) is 4.19. The monoisotopic (exact) mass is 272 g/mol. The molecule has 102 valence electrons. The molecule has 0 saturated carbocycles. The molecule has 1 rings (SSSR count). The van der Waals surface area contributed by atoms with Crippen molar-refractivity contribution in [3.8, 4) is 5.75 Å². The highest BCUT2D eigenvalue weighted by Crippen LogP contribution is 2.16. The van der Waals surface area contributed by atoms with Gasteiger partial charge in [0.15, 0.2) is 0 Å². The van der Waals surface area contributed by atoms with Gasteiger partial charge in [0.05, 0.1) is 12.0 Å². The highest BCUT2D eigenvalue weighted by atomic mass is 32.2. The zero-order chi connectivity index (χ0) is 13.6. The smallest absolute Gasteiger partial charge is 0.240 e. The number of hydrogen-bond donors (Lipinski definition) is 2. The first-order valence-corrected chi connectivity index (χ1v) is 7.26. The maximum atomic E-state index is 12.0. The van der Waals surface area contributed by atoms with Crippen molar-refractivity contribution >= 4 is 10.0 Å². The van der Waals surface area contributed by atoms with Gasteiger partial charge in [-0.15, -0.1) is 0 Å². The Hall–Kier alpha value is -1.11. The van der Waals surface area contributed by atoms with Crippen molar-refractivity contribution in [2.24, 2.45) is 5.92 Å². The molecule has 1 aromatic carbocycles. The summed E-state index contributed by atoms with van der Waals surface area (Å²) in [5, 5.41) is 3.01. The van der Waals surface area contributed by atoms with E-state index in [2.05, 4.69) is 10.0 Å². The predicted molar refractivity (Wildman–Crippen MR) is 71.3 cm³/mol. The average molecular weight is 272 g/mol. The number of rotatable bonds is 7. The van der Waals surface area contributed by atoms with Gasteiger partial charge in [-0.2, -0.15) is 0 Å². The second-order valence-corrected chi connectivity index (χ2v) is 5.96. The van der Waals surface area contributed by atoms with E-state index in [1.165, 1.54) is 13.2 Å². The third-order valence-corrected chi connectivity index (χ3v) is 3.95. The van der Waals surface area contributed by atoms with Crippen LogP contribution in [0.1, 0.15) is 6.92 Å². The topological polar surface area (TPSA) is 67.4 Å². The quantitative estimate of drug-likeness (QED) is 0.771. The third-order valence-electron chi connectivity index (χ3n) is 2.53. The molecule has 1 aromatic rings. The Morgan fingerprint density at radius 2 is 2.06 bits per heavy atom. The summed E-state index contributed by atoms with van der Waals surface area (Å²) in [6.45, 7) is 3.14. The minimum atomic E-state index is -3.46. The molecule has 1 unspecified atom stereocenters. The van der Waals surface area contributed by atoms with Crippen molar-refractivity contribution < 1.29 is 13.2 Å². The van der Waals surface area contributed by atoms with Crippen molar-refractivity contribution in [1.82, 2.24) is 10.0 Å².